The van der Waals surface area contributed by atoms with Crippen molar-refractivity contribution in [3.05, 3.63) is 36.0 Å². The number of ether oxygens (including phenoxy) is 2. The van der Waals surface area contributed by atoms with Gasteiger partial charge in [0.1, 0.15) is 11.6 Å². The number of hydrogen-bond donors (Lipinski definition) is 2. The number of rotatable bonds is 8. The van der Waals surface area contributed by atoms with Crippen LogP contribution in [0.2, 0.25) is 0 Å². The molecule has 0 aliphatic carbocycles. The first-order valence-corrected chi connectivity index (χ1v) is 7.29. The minimum Gasteiger partial charge on any atom is -0.494 e. The van der Waals surface area contributed by atoms with Crippen LogP contribution in [0.3, 0.4) is 0 Å². The SMILES string of the molecule is CCOc1ccc(Nc2cc(C)nc(NCCOC)n2)cc1. The molecule has 1 aromatic heterocycles. The Balaban J connectivity index is 2.04. The van der Waals surface area contributed by atoms with Crippen LogP contribution in [-0.2, 0) is 4.74 Å². The molecule has 118 valence electrons. The van der Waals surface area contributed by atoms with Crippen molar-refractivity contribution in [2.24, 2.45) is 0 Å². The van der Waals surface area contributed by atoms with E-state index in [1.54, 1.807) is 7.11 Å². The molecule has 2 N–H and O–H groups in total. The van der Waals surface area contributed by atoms with Gasteiger partial charge in [-0.15, -0.1) is 0 Å². The lowest BCUT2D eigenvalue weighted by Crippen LogP contribution is -2.11. The third kappa shape index (κ3) is 4.89. The Bertz CT molecular complexity index is 587. The number of hydrogen-bond acceptors (Lipinski definition) is 6. The molecule has 0 bridgehead atoms. The van der Waals surface area contributed by atoms with Gasteiger partial charge in [-0.25, -0.2) is 4.98 Å². The average molecular weight is 302 g/mol. The van der Waals surface area contributed by atoms with Crippen molar-refractivity contribution in [2.75, 3.05) is 37.5 Å². The Morgan fingerprint density at radius 3 is 2.59 bits per heavy atom. The highest BCUT2D eigenvalue weighted by Crippen LogP contribution is 2.20. The Kier molecular flexibility index (Phi) is 5.97. The smallest absolute Gasteiger partial charge is 0.224 e. The summed E-state index contributed by atoms with van der Waals surface area (Å²) in [6, 6.07) is 9.67. The van der Waals surface area contributed by atoms with Gasteiger partial charge in [0, 0.05) is 31.1 Å². The number of benzene rings is 1. The fraction of sp³-hybridized carbons (Fsp3) is 0.375. The molecule has 1 heterocycles. The van der Waals surface area contributed by atoms with Crippen LogP contribution in [0.1, 0.15) is 12.6 Å². The highest BCUT2D eigenvalue weighted by Gasteiger charge is 2.03. The molecule has 0 amide bonds. The summed E-state index contributed by atoms with van der Waals surface area (Å²) >= 11 is 0. The summed E-state index contributed by atoms with van der Waals surface area (Å²) in [7, 11) is 1.66. The second-order valence-electron chi connectivity index (χ2n) is 4.72. The van der Waals surface area contributed by atoms with Crippen LogP contribution in [0.25, 0.3) is 0 Å². The van der Waals surface area contributed by atoms with Gasteiger partial charge in [-0.2, -0.15) is 4.98 Å². The maximum atomic E-state index is 5.43. The monoisotopic (exact) mass is 302 g/mol. The van der Waals surface area contributed by atoms with Crippen LogP contribution >= 0.6 is 0 Å². The molecule has 2 rings (SSSR count). The van der Waals surface area contributed by atoms with Gasteiger partial charge in [0.25, 0.3) is 0 Å². The molecule has 6 heteroatoms. The van der Waals surface area contributed by atoms with E-state index in [-0.39, 0.29) is 0 Å². The van der Waals surface area contributed by atoms with E-state index in [1.807, 2.05) is 44.2 Å². The van der Waals surface area contributed by atoms with Crippen molar-refractivity contribution in [3.8, 4) is 5.75 Å². The molecule has 22 heavy (non-hydrogen) atoms. The fourth-order valence-electron chi connectivity index (χ4n) is 1.93. The number of aromatic nitrogens is 2. The van der Waals surface area contributed by atoms with Gasteiger partial charge >= 0.3 is 0 Å². The number of nitrogens with one attached hydrogen (secondary N) is 2. The van der Waals surface area contributed by atoms with Crippen LogP contribution in [0.5, 0.6) is 5.75 Å². The fourth-order valence-corrected chi connectivity index (χ4v) is 1.93. The van der Waals surface area contributed by atoms with Crippen molar-refractivity contribution in [1.29, 1.82) is 0 Å². The highest BCUT2D eigenvalue weighted by atomic mass is 16.5. The molecule has 0 atom stereocenters. The predicted octanol–water partition coefficient (Wildman–Crippen LogP) is 2.99. The molecule has 0 fully saturated rings. The minimum atomic E-state index is 0.588. The first-order chi connectivity index (χ1) is 10.7. The summed E-state index contributed by atoms with van der Waals surface area (Å²) in [4.78, 5) is 8.79. The lowest BCUT2D eigenvalue weighted by atomic mass is 10.3. The van der Waals surface area contributed by atoms with E-state index >= 15 is 0 Å². The molecule has 0 radical (unpaired) electrons. The molecule has 6 nitrogen and oxygen atoms in total. The van der Waals surface area contributed by atoms with Gasteiger partial charge in [0.05, 0.1) is 13.2 Å². The van der Waals surface area contributed by atoms with E-state index in [2.05, 4.69) is 20.6 Å². The second kappa shape index (κ2) is 8.19. The first-order valence-electron chi connectivity index (χ1n) is 7.29. The van der Waals surface area contributed by atoms with Gasteiger partial charge < -0.3 is 20.1 Å². The zero-order valence-corrected chi connectivity index (χ0v) is 13.2. The number of anilines is 3. The van der Waals surface area contributed by atoms with Gasteiger partial charge in [-0.3, -0.25) is 0 Å². The molecule has 2 aromatic rings. The van der Waals surface area contributed by atoms with Crippen molar-refractivity contribution < 1.29 is 9.47 Å². The Morgan fingerprint density at radius 2 is 1.91 bits per heavy atom. The number of aryl methyl sites for hydroxylation is 1. The average Bonchev–Trinajstić information content (AvgIpc) is 2.49. The molecule has 0 unspecified atom stereocenters. The molecular formula is C16H22N4O2. The van der Waals surface area contributed by atoms with Crippen LogP contribution < -0.4 is 15.4 Å². The van der Waals surface area contributed by atoms with Gasteiger partial charge in [0.2, 0.25) is 5.95 Å². The number of methoxy groups -OCH3 is 1. The van der Waals surface area contributed by atoms with Crippen molar-refractivity contribution in [2.45, 2.75) is 13.8 Å². The normalized spacial score (nSPS) is 10.3. The van der Waals surface area contributed by atoms with E-state index in [9.17, 15) is 0 Å². The Labute approximate surface area is 130 Å². The van der Waals surface area contributed by atoms with E-state index in [4.69, 9.17) is 9.47 Å². The van der Waals surface area contributed by atoms with Crippen LogP contribution in [-0.4, -0.2) is 36.8 Å². The summed E-state index contributed by atoms with van der Waals surface area (Å²) in [6.45, 7) is 5.84. The van der Waals surface area contributed by atoms with Crippen molar-refractivity contribution >= 4 is 17.5 Å². The molecule has 0 spiro atoms. The van der Waals surface area contributed by atoms with Crippen LogP contribution in [0.4, 0.5) is 17.5 Å². The van der Waals surface area contributed by atoms with Crippen LogP contribution in [0, 0.1) is 6.92 Å². The maximum Gasteiger partial charge on any atom is 0.224 e. The largest absolute Gasteiger partial charge is 0.494 e. The predicted molar refractivity (Wildman–Crippen MR) is 88.0 cm³/mol. The summed E-state index contributed by atoms with van der Waals surface area (Å²) < 4.78 is 10.4. The van der Waals surface area contributed by atoms with Crippen molar-refractivity contribution in [3.63, 3.8) is 0 Å². The topological polar surface area (TPSA) is 68.3 Å². The van der Waals surface area contributed by atoms with Crippen molar-refractivity contribution in [1.82, 2.24) is 9.97 Å². The molecule has 0 saturated carbocycles. The number of nitrogens with zero attached hydrogens (tertiary/aromatic N) is 2. The van der Waals surface area contributed by atoms with Crippen LogP contribution in [0.15, 0.2) is 30.3 Å². The second-order valence-corrected chi connectivity index (χ2v) is 4.72. The standard InChI is InChI=1S/C16H22N4O2/c1-4-22-14-7-5-13(6-8-14)19-15-11-12(2)18-16(20-15)17-9-10-21-3/h5-8,11H,4,9-10H2,1-3H3,(H2,17,18,19,20). The first kappa shape index (κ1) is 16.0. The van der Waals surface area contributed by atoms with E-state index in [1.165, 1.54) is 0 Å². The molecular weight excluding hydrogens is 280 g/mol. The van der Waals surface area contributed by atoms with Gasteiger partial charge in [-0.05, 0) is 38.1 Å². The molecule has 0 aliphatic heterocycles. The van der Waals surface area contributed by atoms with Gasteiger partial charge in [-0.1, -0.05) is 0 Å². The molecule has 0 saturated heterocycles. The van der Waals surface area contributed by atoms with E-state index < -0.39 is 0 Å². The zero-order chi connectivity index (χ0) is 15.8. The maximum absolute atomic E-state index is 5.43. The zero-order valence-electron chi connectivity index (χ0n) is 13.2. The summed E-state index contributed by atoms with van der Waals surface area (Å²) in [5.41, 5.74) is 1.84. The van der Waals surface area contributed by atoms with E-state index in [0.717, 1.165) is 22.9 Å². The highest BCUT2D eigenvalue weighted by molar-refractivity contribution is 5.58. The summed E-state index contributed by atoms with van der Waals surface area (Å²) in [6.07, 6.45) is 0. The van der Waals surface area contributed by atoms with E-state index in [0.29, 0.717) is 25.7 Å². The summed E-state index contributed by atoms with van der Waals surface area (Å²) in [5.74, 6) is 2.19. The quantitative estimate of drug-likeness (QED) is 0.731. The lowest BCUT2D eigenvalue weighted by molar-refractivity contribution is 0.210. The minimum absolute atomic E-state index is 0.588. The molecule has 1 aromatic carbocycles. The Hall–Kier alpha value is -2.34. The Morgan fingerprint density at radius 1 is 1.14 bits per heavy atom. The third-order valence-electron chi connectivity index (χ3n) is 2.88. The summed E-state index contributed by atoms with van der Waals surface area (Å²) in [5, 5.41) is 6.40. The van der Waals surface area contributed by atoms with Gasteiger partial charge in [0.15, 0.2) is 0 Å². The molecule has 0 aliphatic rings. The third-order valence-corrected chi connectivity index (χ3v) is 2.88. The lowest BCUT2D eigenvalue weighted by Gasteiger charge is -2.10.